The third-order valence-corrected chi connectivity index (χ3v) is 2.43. The highest BCUT2D eigenvalue weighted by atomic mass is 16.3. The average molecular weight is 222 g/mol. The van der Waals surface area contributed by atoms with Gasteiger partial charge in [0.25, 0.3) is 0 Å². The quantitative estimate of drug-likeness (QED) is 0.831. The zero-order chi connectivity index (χ0) is 12.1. The molecule has 3 nitrogen and oxygen atoms in total. The highest BCUT2D eigenvalue weighted by molar-refractivity contribution is 5.40. The van der Waals surface area contributed by atoms with Crippen LogP contribution in [0.15, 0.2) is 18.2 Å². The van der Waals surface area contributed by atoms with Crippen LogP contribution in [0.3, 0.4) is 0 Å². The lowest BCUT2D eigenvalue weighted by Gasteiger charge is -2.29. The lowest BCUT2D eigenvalue weighted by Crippen LogP contribution is -2.34. The zero-order valence-corrected chi connectivity index (χ0v) is 10.6. The first-order valence-electron chi connectivity index (χ1n) is 5.88. The Balaban J connectivity index is 2.91. The Morgan fingerprint density at radius 2 is 1.94 bits per heavy atom. The maximum atomic E-state index is 9.08. The molecule has 1 aromatic heterocycles. The summed E-state index contributed by atoms with van der Waals surface area (Å²) in [4.78, 5) is 6.71. The lowest BCUT2D eigenvalue weighted by atomic mass is 10.1. The molecule has 0 aromatic carbocycles. The van der Waals surface area contributed by atoms with Crippen molar-refractivity contribution < 1.29 is 5.11 Å². The maximum Gasteiger partial charge on any atom is 0.129 e. The number of nitrogens with zero attached hydrogens (tertiary/aromatic N) is 2. The van der Waals surface area contributed by atoms with Crippen LogP contribution in [0.5, 0.6) is 0 Å². The van der Waals surface area contributed by atoms with Crippen LogP contribution < -0.4 is 4.90 Å². The van der Waals surface area contributed by atoms with E-state index in [2.05, 4.69) is 37.6 Å². The molecule has 0 radical (unpaired) electrons. The first-order chi connectivity index (χ1) is 7.54. The SMILES string of the molecule is CC(C)CN(c1cccc(CO)n1)C(C)C. The van der Waals surface area contributed by atoms with Gasteiger partial charge in [0.2, 0.25) is 0 Å². The number of hydrogen-bond donors (Lipinski definition) is 1. The van der Waals surface area contributed by atoms with Gasteiger partial charge in [0.15, 0.2) is 0 Å². The molecule has 1 aromatic rings. The molecular weight excluding hydrogens is 200 g/mol. The third kappa shape index (κ3) is 3.49. The maximum absolute atomic E-state index is 9.08. The van der Waals surface area contributed by atoms with Crippen LogP contribution in [-0.2, 0) is 6.61 Å². The van der Waals surface area contributed by atoms with E-state index in [0.29, 0.717) is 12.0 Å². The van der Waals surface area contributed by atoms with Crippen molar-refractivity contribution in [2.24, 2.45) is 5.92 Å². The van der Waals surface area contributed by atoms with E-state index in [4.69, 9.17) is 5.11 Å². The van der Waals surface area contributed by atoms with Crippen LogP contribution in [0.1, 0.15) is 33.4 Å². The van der Waals surface area contributed by atoms with Crippen LogP contribution in [0.4, 0.5) is 5.82 Å². The minimum absolute atomic E-state index is 0.00144. The Bertz CT molecular complexity index is 323. The minimum Gasteiger partial charge on any atom is -0.390 e. The Kier molecular flexibility index (Phi) is 4.74. The fourth-order valence-electron chi connectivity index (χ4n) is 1.68. The summed E-state index contributed by atoms with van der Waals surface area (Å²) >= 11 is 0. The Labute approximate surface area is 98.1 Å². The highest BCUT2D eigenvalue weighted by Crippen LogP contribution is 2.16. The second-order valence-corrected chi connectivity index (χ2v) is 4.79. The summed E-state index contributed by atoms with van der Waals surface area (Å²) in [7, 11) is 0. The van der Waals surface area contributed by atoms with Gasteiger partial charge in [0.05, 0.1) is 12.3 Å². The number of anilines is 1. The standard InChI is InChI=1S/C13H22N2O/c1-10(2)8-15(11(3)4)13-7-5-6-12(9-16)14-13/h5-7,10-11,16H,8-9H2,1-4H3. The molecule has 16 heavy (non-hydrogen) atoms. The zero-order valence-electron chi connectivity index (χ0n) is 10.6. The van der Waals surface area contributed by atoms with E-state index >= 15 is 0 Å². The van der Waals surface area contributed by atoms with Gasteiger partial charge in [-0.25, -0.2) is 4.98 Å². The number of rotatable bonds is 5. The van der Waals surface area contributed by atoms with Gasteiger partial charge < -0.3 is 10.0 Å². The van der Waals surface area contributed by atoms with E-state index in [1.807, 2.05) is 18.2 Å². The predicted octanol–water partition coefficient (Wildman–Crippen LogP) is 2.44. The number of aromatic nitrogens is 1. The fraction of sp³-hybridized carbons (Fsp3) is 0.615. The Hall–Kier alpha value is -1.09. The van der Waals surface area contributed by atoms with Crippen LogP contribution in [0.2, 0.25) is 0 Å². The highest BCUT2D eigenvalue weighted by Gasteiger charge is 2.13. The van der Waals surface area contributed by atoms with E-state index < -0.39 is 0 Å². The molecule has 90 valence electrons. The number of hydrogen-bond acceptors (Lipinski definition) is 3. The first-order valence-corrected chi connectivity index (χ1v) is 5.88. The van der Waals surface area contributed by atoms with Crippen molar-refractivity contribution >= 4 is 5.82 Å². The summed E-state index contributed by atoms with van der Waals surface area (Å²) in [5, 5.41) is 9.08. The molecule has 1 rings (SSSR count). The van der Waals surface area contributed by atoms with Gasteiger partial charge in [-0.05, 0) is 31.9 Å². The van der Waals surface area contributed by atoms with Gasteiger partial charge in [0, 0.05) is 12.6 Å². The Morgan fingerprint density at radius 1 is 1.25 bits per heavy atom. The molecule has 0 unspecified atom stereocenters. The summed E-state index contributed by atoms with van der Waals surface area (Å²) in [5.74, 6) is 1.55. The minimum atomic E-state index is 0.00144. The van der Waals surface area contributed by atoms with Crippen molar-refractivity contribution in [1.82, 2.24) is 4.98 Å². The molecule has 0 aliphatic heterocycles. The van der Waals surface area contributed by atoms with Gasteiger partial charge in [-0.2, -0.15) is 0 Å². The molecular formula is C13H22N2O. The third-order valence-electron chi connectivity index (χ3n) is 2.43. The van der Waals surface area contributed by atoms with Gasteiger partial charge >= 0.3 is 0 Å². The number of aliphatic hydroxyl groups excluding tert-OH is 1. The van der Waals surface area contributed by atoms with Crippen molar-refractivity contribution in [3.63, 3.8) is 0 Å². The average Bonchev–Trinajstić information content (AvgIpc) is 2.25. The van der Waals surface area contributed by atoms with Crippen LogP contribution >= 0.6 is 0 Å². The van der Waals surface area contributed by atoms with Gasteiger partial charge in [-0.1, -0.05) is 19.9 Å². The van der Waals surface area contributed by atoms with E-state index in [1.165, 1.54) is 0 Å². The molecule has 0 atom stereocenters. The molecule has 1 N–H and O–H groups in total. The van der Waals surface area contributed by atoms with Crippen molar-refractivity contribution in [1.29, 1.82) is 0 Å². The van der Waals surface area contributed by atoms with Gasteiger partial charge in [0.1, 0.15) is 5.82 Å². The van der Waals surface area contributed by atoms with E-state index in [1.54, 1.807) is 0 Å². The predicted molar refractivity (Wildman–Crippen MR) is 67.5 cm³/mol. The van der Waals surface area contributed by atoms with Crippen molar-refractivity contribution in [3.8, 4) is 0 Å². The molecule has 0 fully saturated rings. The molecule has 0 amide bonds. The number of pyridine rings is 1. The molecule has 0 saturated heterocycles. The van der Waals surface area contributed by atoms with E-state index in [0.717, 1.165) is 18.1 Å². The second kappa shape index (κ2) is 5.85. The van der Waals surface area contributed by atoms with Crippen molar-refractivity contribution in [2.45, 2.75) is 40.3 Å². The van der Waals surface area contributed by atoms with Crippen molar-refractivity contribution in [2.75, 3.05) is 11.4 Å². The topological polar surface area (TPSA) is 36.4 Å². The largest absolute Gasteiger partial charge is 0.390 e. The van der Waals surface area contributed by atoms with E-state index in [9.17, 15) is 0 Å². The van der Waals surface area contributed by atoms with E-state index in [-0.39, 0.29) is 6.61 Å². The van der Waals surface area contributed by atoms with Crippen LogP contribution in [-0.4, -0.2) is 22.7 Å². The summed E-state index contributed by atoms with van der Waals surface area (Å²) in [6.45, 7) is 9.71. The second-order valence-electron chi connectivity index (χ2n) is 4.79. The number of aliphatic hydroxyl groups is 1. The Morgan fingerprint density at radius 3 is 2.44 bits per heavy atom. The van der Waals surface area contributed by atoms with Gasteiger partial charge in [-0.15, -0.1) is 0 Å². The molecule has 0 saturated carbocycles. The fourth-order valence-corrected chi connectivity index (χ4v) is 1.68. The molecule has 3 heteroatoms. The molecule has 0 aliphatic carbocycles. The molecule has 0 bridgehead atoms. The van der Waals surface area contributed by atoms with Crippen LogP contribution in [0.25, 0.3) is 0 Å². The molecule has 0 aliphatic rings. The summed E-state index contributed by atoms with van der Waals surface area (Å²) < 4.78 is 0. The van der Waals surface area contributed by atoms with Gasteiger partial charge in [-0.3, -0.25) is 0 Å². The summed E-state index contributed by atoms with van der Waals surface area (Å²) in [5.41, 5.74) is 0.729. The molecule has 1 heterocycles. The van der Waals surface area contributed by atoms with Crippen molar-refractivity contribution in [3.05, 3.63) is 23.9 Å². The summed E-state index contributed by atoms with van der Waals surface area (Å²) in [6.07, 6.45) is 0. The first kappa shape index (κ1) is 13.0. The van der Waals surface area contributed by atoms with Crippen LogP contribution in [0, 0.1) is 5.92 Å². The monoisotopic (exact) mass is 222 g/mol. The summed E-state index contributed by atoms with van der Waals surface area (Å²) in [6, 6.07) is 6.21. The normalized spacial score (nSPS) is 11.2. The smallest absolute Gasteiger partial charge is 0.129 e. The lowest BCUT2D eigenvalue weighted by molar-refractivity contribution is 0.277. The molecule has 0 spiro atoms.